The number of rotatable bonds is 4. The molecule has 0 aliphatic carbocycles. The second-order valence-electron chi connectivity index (χ2n) is 4.08. The molecule has 0 aliphatic heterocycles. The number of benzene rings is 1. The van der Waals surface area contributed by atoms with Crippen molar-refractivity contribution in [1.82, 2.24) is 9.97 Å². The van der Waals surface area contributed by atoms with E-state index in [1.54, 1.807) is 12.4 Å². The molecule has 1 heterocycles. The van der Waals surface area contributed by atoms with Crippen molar-refractivity contribution < 1.29 is 0 Å². The molecule has 18 heavy (non-hydrogen) atoms. The molecule has 94 valence electrons. The topological polar surface area (TPSA) is 55.0 Å². The number of hydrogen-bond acceptors (Lipinski definition) is 4. The number of anilines is 1. The molecule has 0 atom stereocenters. The highest BCUT2D eigenvalue weighted by Crippen LogP contribution is 2.15. The van der Waals surface area contributed by atoms with Crippen molar-refractivity contribution in [2.24, 2.45) is 5.73 Å². The maximum Gasteiger partial charge on any atom is 0.225 e. The average Bonchev–Trinajstić information content (AvgIpc) is 2.39. The first-order chi connectivity index (χ1) is 8.69. The fourth-order valence-corrected chi connectivity index (χ4v) is 2.08. The molecular formula is C13H15BrN4. The molecule has 0 bridgehead atoms. The lowest BCUT2D eigenvalue weighted by Gasteiger charge is -2.17. The fraction of sp³-hybridized carbons (Fsp3) is 0.231. The normalized spacial score (nSPS) is 10.4. The standard InChI is InChI=1S/C13H15BrN4/c1-18(9-10-3-2-4-12(14)5-10)13-16-7-11(6-15)8-17-13/h2-5,7-8H,6,9,15H2,1H3. The molecule has 0 amide bonds. The summed E-state index contributed by atoms with van der Waals surface area (Å²) in [6, 6.07) is 8.20. The van der Waals surface area contributed by atoms with Gasteiger partial charge in [0.1, 0.15) is 0 Å². The van der Waals surface area contributed by atoms with E-state index in [2.05, 4.69) is 38.0 Å². The van der Waals surface area contributed by atoms with Gasteiger partial charge in [0.2, 0.25) is 5.95 Å². The van der Waals surface area contributed by atoms with E-state index in [0.29, 0.717) is 12.5 Å². The minimum atomic E-state index is 0.468. The zero-order valence-electron chi connectivity index (χ0n) is 10.2. The van der Waals surface area contributed by atoms with Crippen molar-refractivity contribution in [2.75, 3.05) is 11.9 Å². The van der Waals surface area contributed by atoms with Crippen molar-refractivity contribution in [1.29, 1.82) is 0 Å². The molecule has 5 heteroatoms. The van der Waals surface area contributed by atoms with Crippen molar-refractivity contribution in [3.8, 4) is 0 Å². The Bertz CT molecular complexity index is 513. The molecule has 0 spiro atoms. The molecule has 0 unspecified atom stereocenters. The Balaban J connectivity index is 2.09. The van der Waals surface area contributed by atoms with Crippen molar-refractivity contribution in [3.63, 3.8) is 0 Å². The summed E-state index contributed by atoms with van der Waals surface area (Å²) in [4.78, 5) is 10.6. The predicted octanol–water partition coefficient (Wildman–Crippen LogP) is 2.33. The van der Waals surface area contributed by atoms with Gasteiger partial charge < -0.3 is 10.6 Å². The van der Waals surface area contributed by atoms with Crippen LogP contribution in [0.25, 0.3) is 0 Å². The van der Waals surface area contributed by atoms with Gasteiger partial charge in [0.25, 0.3) is 0 Å². The molecule has 0 saturated carbocycles. The molecule has 1 aromatic carbocycles. The highest BCUT2D eigenvalue weighted by Gasteiger charge is 2.05. The van der Waals surface area contributed by atoms with E-state index in [9.17, 15) is 0 Å². The molecule has 2 aromatic rings. The van der Waals surface area contributed by atoms with Gasteiger partial charge in [0, 0.05) is 42.6 Å². The second-order valence-corrected chi connectivity index (χ2v) is 5.00. The largest absolute Gasteiger partial charge is 0.340 e. The zero-order chi connectivity index (χ0) is 13.0. The lowest BCUT2D eigenvalue weighted by Crippen LogP contribution is -2.19. The Morgan fingerprint density at radius 2 is 1.94 bits per heavy atom. The Morgan fingerprint density at radius 3 is 2.56 bits per heavy atom. The van der Waals surface area contributed by atoms with Crippen LogP contribution in [0.15, 0.2) is 41.1 Å². The van der Waals surface area contributed by atoms with E-state index in [1.165, 1.54) is 5.56 Å². The minimum absolute atomic E-state index is 0.468. The summed E-state index contributed by atoms with van der Waals surface area (Å²) in [5, 5.41) is 0. The highest BCUT2D eigenvalue weighted by atomic mass is 79.9. The van der Waals surface area contributed by atoms with Gasteiger partial charge in [-0.15, -0.1) is 0 Å². The molecule has 1 aromatic heterocycles. The van der Waals surface area contributed by atoms with Crippen LogP contribution < -0.4 is 10.6 Å². The SMILES string of the molecule is CN(Cc1cccc(Br)c1)c1ncc(CN)cn1. The van der Waals surface area contributed by atoms with E-state index < -0.39 is 0 Å². The van der Waals surface area contributed by atoms with E-state index in [4.69, 9.17) is 5.73 Å². The van der Waals surface area contributed by atoms with E-state index in [0.717, 1.165) is 16.6 Å². The van der Waals surface area contributed by atoms with Gasteiger partial charge in [-0.2, -0.15) is 0 Å². The minimum Gasteiger partial charge on any atom is -0.340 e. The molecule has 4 nitrogen and oxygen atoms in total. The smallest absolute Gasteiger partial charge is 0.225 e. The first kappa shape index (κ1) is 13.0. The van der Waals surface area contributed by atoms with Crippen LogP contribution in [0.5, 0.6) is 0 Å². The van der Waals surface area contributed by atoms with Gasteiger partial charge in [-0.3, -0.25) is 0 Å². The van der Waals surface area contributed by atoms with Crippen LogP contribution in [0.4, 0.5) is 5.95 Å². The summed E-state index contributed by atoms with van der Waals surface area (Å²) in [6.07, 6.45) is 3.53. The number of nitrogens with two attached hydrogens (primary N) is 1. The first-order valence-electron chi connectivity index (χ1n) is 5.65. The Kier molecular flexibility index (Phi) is 4.28. The van der Waals surface area contributed by atoms with Gasteiger partial charge in [0.15, 0.2) is 0 Å². The fourth-order valence-electron chi connectivity index (χ4n) is 1.63. The van der Waals surface area contributed by atoms with Crippen molar-refractivity contribution >= 4 is 21.9 Å². The lowest BCUT2D eigenvalue weighted by molar-refractivity contribution is 0.857. The molecular weight excluding hydrogens is 292 g/mol. The van der Waals surface area contributed by atoms with E-state index >= 15 is 0 Å². The third-order valence-electron chi connectivity index (χ3n) is 2.58. The summed E-state index contributed by atoms with van der Waals surface area (Å²) < 4.78 is 1.08. The quantitative estimate of drug-likeness (QED) is 0.942. The van der Waals surface area contributed by atoms with Crippen LogP contribution in [-0.2, 0) is 13.1 Å². The third kappa shape index (κ3) is 3.27. The van der Waals surface area contributed by atoms with Crippen LogP contribution in [0, 0.1) is 0 Å². The highest BCUT2D eigenvalue weighted by molar-refractivity contribution is 9.10. The molecule has 0 radical (unpaired) electrons. The maximum atomic E-state index is 5.52. The van der Waals surface area contributed by atoms with Gasteiger partial charge in [-0.1, -0.05) is 28.1 Å². The summed E-state index contributed by atoms with van der Waals surface area (Å²) in [7, 11) is 1.97. The van der Waals surface area contributed by atoms with E-state index in [1.807, 2.05) is 24.1 Å². The van der Waals surface area contributed by atoms with Gasteiger partial charge in [-0.25, -0.2) is 9.97 Å². The van der Waals surface area contributed by atoms with Gasteiger partial charge >= 0.3 is 0 Å². The van der Waals surface area contributed by atoms with E-state index in [-0.39, 0.29) is 0 Å². The van der Waals surface area contributed by atoms with Crippen LogP contribution in [0.1, 0.15) is 11.1 Å². The summed E-state index contributed by atoms with van der Waals surface area (Å²) in [5.41, 5.74) is 7.66. The summed E-state index contributed by atoms with van der Waals surface area (Å²) in [6.45, 7) is 1.23. The molecule has 0 aliphatic rings. The van der Waals surface area contributed by atoms with Gasteiger partial charge in [0.05, 0.1) is 0 Å². The third-order valence-corrected chi connectivity index (χ3v) is 3.07. The Morgan fingerprint density at radius 1 is 1.22 bits per heavy atom. The summed E-state index contributed by atoms with van der Waals surface area (Å²) in [5.74, 6) is 0.701. The van der Waals surface area contributed by atoms with Crippen molar-refractivity contribution in [2.45, 2.75) is 13.1 Å². The average molecular weight is 307 g/mol. The monoisotopic (exact) mass is 306 g/mol. The van der Waals surface area contributed by atoms with Crippen LogP contribution in [-0.4, -0.2) is 17.0 Å². The zero-order valence-corrected chi connectivity index (χ0v) is 11.8. The Labute approximate surface area is 115 Å². The number of aromatic nitrogens is 2. The van der Waals surface area contributed by atoms with Crippen LogP contribution in [0.2, 0.25) is 0 Å². The van der Waals surface area contributed by atoms with Crippen LogP contribution in [0.3, 0.4) is 0 Å². The van der Waals surface area contributed by atoms with Crippen LogP contribution >= 0.6 is 15.9 Å². The first-order valence-corrected chi connectivity index (χ1v) is 6.45. The number of hydrogen-bond donors (Lipinski definition) is 1. The molecule has 2 N–H and O–H groups in total. The van der Waals surface area contributed by atoms with Gasteiger partial charge in [-0.05, 0) is 17.7 Å². The van der Waals surface area contributed by atoms with Crippen molar-refractivity contribution in [3.05, 3.63) is 52.3 Å². The number of halogens is 1. The lowest BCUT2D eigenvalue weighted by atomic mass is 10.2. The maximum absolute atomic E-state index is 5.52. The predicted molar refractivity (Wildman–Crippen MR) is 76.2 cm³/mol. The summed E-state index contributed by atoms with van der Waals surface area (Å²) >= 11 is 3.46. The Hall–Kier alpha value is -1.46. The molecule has 2 rings (SSSR count). The second kappa shape index (κ2) is 5.93. The number of nitrogens with zero attached hydrogens (tertiary/aromatic N) is 3. The molecule has 0 fully saturated rings. The molecule has 0 saturated heterocycles.